The van der Waals surface area contributed by atoms with E-state index in [2.05, 4.69) is 20.8 Å². The van der Waals surface area contributed by atoms with Crippen LogP contribution < -0.4 is 15.5 Å². The number of hydrogen-bond donors (Lipinski definition) is 2. The van der Waals surface area contributed by atoms with E-state index in [1.165, 1.54) is 6.21 Å². The first-order valence-corrected chi connectivity index (χ1v) is 10.9. The van der Waals surface area contributed by atoms with Gasteiger partial charge in [-0.2, -0.15) is 5.10 Å². The Hall–Kier alpha value is -4.46. The molecule has 0 fully saturated rings. The van der Waals surface area contributed by atoms with Gasteiger partial charge in [-0.15, -0.1) is 0 Å². The van der Waals surface area contributed by atoms with Gasteiger partial charge in [-0.1, -0.05) is 36.4 Å². The smallest absolute Gasteiger partial charge is 0.290 e. The zero-order chi connectivity index (χ0) is 23.9. The van der Waals surface area contributed by atoms with Crippen LogP contribution in [0.15, 0.2) is 84.1 Å². The molecule has 0 saturated carbocycles. The number of nitrogens with zero attached hydrogens (tertiary/aromatic N) is 3. The monoisotopic (exact) mass is 455 g/mol. The van der Waals surface area contributed by atoms with Crippen molar-refractivity contribution in [3.63, 3.8) is 0 Å². The third-order valence-corrected chi connectivity index (χ3v) is 5.23. The maximum atomic E-state index is 12.6. The summed E-state index contributed by atoms with van der Waals surface area (Å²) in [6.45, 7) is 3.63. The summed E-state index contributed by atoms with van der Waals surface area (Å²) in [4.78, 5) is 29.1. The predicted octanol–water partition coefficient (Wildman–Crippen LogP) is 3.66. The molecule has 0 bridgehead atoms. The van der Waals surface area contributed by atoms with Crippen molar-refractivity contribution in [2.24, 2.45) is 5.10 Å². The molecule has 0 saturated heterocycles. The van der Waals surface area contributed by atoms with Crippen LogP contribution in [-0.4, -0.2) is 34.0 Å². The van der Waals surface area contributed by atoms with Crippen molar-refractivity contribution in [1.82, 2.24) is 20.1 Å². The number of aromatic nitrogens is 2. The van der Waals surface area contributed by atoms with E-state index >= 15 is 0 Å². The number of imidazole rings is 1. The molecule has 0 aliphatic carbocycles. The van der Waals surface area contributed by atoms with E-state index in [9.17, 15) is 9.59 Å². The molecule has 2 heterocycles. The number of nitrogens with one attached hydrogen (secondary N) is 2. The molecular formula is C26H25N5O3. The summed E-state index contributed by atoms with van der Waals surface area (Å²) in [5, 5.41) is 6.95. The molecule has 0 spiro atoms. The van der Waals surface area contributed by atoms with Gasteiger partial charge in [0.15, 0.2) is 6.61 Å². The van der Waals surface area contributed by atoms with Crippen molar-refractivity contribution >= 4 is 23.7 Å². The zero-order valence-electron chi connectivity index (χ0n) is 18.9. The number of amides is 2. The summed E-state index contributed by atoms with van der Waals surface area (Å²) >= 11 is 0. The SMILES string of the molecule is Cc1nc2ccccn2c1C(=O)N/N=C\c1ccc(OCC(=O)N[C@H](C)c2ccccc2)cc1. The van der Waals surface area contributed by atoms with Crippen LogP contribution in [0.3, 0.4) is 0 Å². The summed E-state index contributed by atoms with van der Waals surface area (Å²) in [7, 11) is 0. The first-order chi connectivity index (χ1) is 16.5. The lowest BCUT2D eigenvalue weighted by Crippen LogP contribution is -2.31. The Bertz CT molecular complexity index is 1310. The van der Waals surface area contributed by atoms with Gasteiger partial charge in [0.1, 0.15) is 17.1 Å². The molecular weight excluding hydrogens is 430 g/mol. The van der Waals surface area contributed by atoms with Crippen LogP contribution in [-0.2, 0) is 4.79 Å². The minimum atomic E-state index is -0.344. The summed E-state index contributed by atoms with van der Waals surface area (Å²) < 4.78 is 7.29. The third-order valence-electron chi connectivity index (χ3n) is 5.23. The topological polar surface area (TPSA) is 97.1 Å². The van der Waals surface area contributed by atoms with Crippen LogP contribution in [0.4, 0.5) is 0 Å². The quantitative estimate of drug-likeness (QED) is 0.313. The molecule has 2 amide bonds. The first kappa shape index (κ1) is 22.7. The van der Waals surface area contributed by atoms with Crippen molar-refractivity contribution in [2.75, 3.05) is 6.61 Å². The maximum Gasteiger partial charge on any atom is 0.290 e. The molecule has 2 aromatic heterocycles. The molecule has 4 aromatic rings. The number of carbonyl (C=O) groups is 2. The van der Waals surface area contributed by atoms with Crippen LogP contribution in [0.5, 0.6) is 5.75 Å². The number of benzene rings is 2. The molecule has 0 radical (unpaired) electrons. The largest absolute Gasteiger partial charge is 0.484 e. The van der Waals surface area contributed by atoms with Crippen molar-refractivity contribution in [3.05, 3.63) is 102 Å². The number of carbonyl (C=O) groups excluding carboxylic acids is 2. The summed E-state index contributed by atoms with van der Waals surface area (Å²) in [6, 6.07) is 22.2. The fourth-order valence-corrected chi connectivity index (χ4v) is 3.51. The van der Waals surface area contributed by atoms with Crippen LogP contribution in [0.2, 0.25) is 0 Å². The second-order valence-corrected chi connectivity index (χ2v) is 7.73. The maximum absolute atomic E-state index is 12.6. The van der Waals surface area contributed by atoms with Crippen molar-refractivity contribution in [2.45, 2.75) is 19.9 Å². The standard InChI is InChI=1S/C26H25N5O3/c1-18(21-8-4-3-5-9-21)29-24(32)17-34-22-13-11-20(12-14-22)16-27-30-26(33)25-19(2)28-23-10-6-7-15-31(23)25/h3-16,18H,17H2,1-2H3,(H,29,32)(H,30,33)/b27-16-/t18-/m1/s1. The Morgan fingerprint density at radius 2 is 1.79 bits per heavy atom. The van der Waals surface area contributed by atoms with E-state index in [-0.39, 0.29) is 24.5 Å². The molecule has 34 heavy (non-hydrogen) atoms. The summed E-state index contributed by atoms with van der Waals surface area (Å²) in [5.74, 6) is 0.0144. The fourth-order valence-electron chi connectivity index (χ4n) is 3.51. The van der Waals surface area contributed by atoms with Gasteiger partial charge in [-0.25, -0.2) is 10.4 Å². The van der Waals surface area contributed by atoms with Crippen LogP contribution in [0.25, 0.3) is 5.65 Å². The molecule has 2 N–H and O–H groups in total. The molecule has 0 aliphatic rings. The van der Waals surface area contributed by atoms with E-state index in [0.29, 0.717) is 22.8 Å². The summed E-state index contributed by atoms with van der Waals surface area (Å²) in [6.07, 6.45) is 3.32. The van der Waals surface area contributed by atoms with Crippen LogP contribution >= 0.6 is 0 Å². The Morgan fingerprint density at radius 3 is 2.56 bits per heavy atom. The Morgan fingerprint density at radius 1 is 1.06 bits per heavy atom. The molecule has 1 atom stereocenters. The van der Waals surface area contributed by atoms with Gasteiger partial charge in [0, 0.05) is 6.20 Å². The van der Waals surface area contributed by atoms with E-state index < -0.39 is 0 Å². The molecule has 8 nitrogen and oxygen atoms in total. The second-order valence-electron chi connectivity index (χ2n) is 7.73. The minimum absolute atomic E-state index is 0.0840. The van der Waals surface area contributed by atoms with Gasteiger partial charge in [0.2, 0.25) is 0 Å². The lowest BCUT2D eigenvalue weighted by atomic mass is 10.1. The molecule has 8 heteroatoms. The summed E-state index contributed by atoms with van der Waals surface area (Å²) in [5.41, 5.74) is 6.11. The number of ether oxygens (including phenoxy) is 1. The number of hydrazone groups is 1. The molecule has 172 valence electrons. The normalized spacial score (nSPS) is 11.9. The van der Waals surface area contributed by atoms with Crippen LogP contribution in [0.1, 0.15) is 40.3 Å². The van der Waals surface area contributed by atoms with Crippen LogP contribution in [0, 0.1) is 6.92 Å². The third kappa shape index (κ3) is 5.47. The Labute approximate surface area is 197 Å². The average Bonchev–Trinajstić information content (AvgIpc) is 3.19. The van der Waals surface area contributed by atoms with E-state index in [0.717, 1.165) is 11.1 Å². The van der Waals surface area contributed by atoms with Gasteiger partial charge < -0.3 is 10.1 Å². The van der Waals surface area contributed by atoms with E-state index in [1.54, 1.807) is 41.8 Å². The zero-order valence-corrected chi connectivity index (χ0v) is 18.9. The van der Waals surface area contributed by atoms with E-state index in [1.807, 2.05) is 55.5 Å². The average molecular weight is 456 g/mol. The lowest BCUT2D eigenvalue weighted by Gasteiger charge is -2.14. The van der Waals surface area contributed by atoms with E-state index in [4.69, 9.17) is 4.74 Å². The van der Waals surface area contributed by atoms with Crippen molar-refractivity contribution in [3.8, 4) is 5.75 Å². The highest BCUT2D eigenvalue weighted by Crippen LogP contribution is 2.14. The van der Waals surface area contributed by atoms with Gasteiger partial charge in [0.25, 0.3) is 11.8 Å². The molecule has 0 unspecified atom stereocenters. The number of pyridine rings is 1. The molecule has 2 aromatic carbocycles. The lowest BCUT2D eigenvalue weighted by molar-refractivity contribution is -0.123. The predicted molar refractivity (Wildman–Crippen MR) is 130 cm³/mol. The highest BCUT2D eigenvalue weighted by Gasteiger charge is 2.15. The number of fused-ring (bicyclic) bond motifs is 1. The Kier molecular flexibility index (Phi) is 6.98. The molecule has 0 aliphatic heterocycles. The second kappa shape index (κ2) is 10.4. The highest BCUT2D eigenvalue weighted by molar-refractivity contribution is 5.95. The van der Waals surface area contributed by atoms with Crippen molar-refractivity contribution in [1.29, 1.82) is 0 Å². The van der Waals surface area contributed by atoms with Gasteiger partial charge in [-0.05, 0) is 61.4 Å². The number of hydrogen-bond acceptors (Lipinski definition) is 5. The van der Waals surface area contributed by atoms with Gasteiger partial charge >= 0.3 is 0 Å². The van der Waals surface area contributed by atoms with Gasteiger partial charge in [0.05, 0.1) is 18.0 Å². The fraction of sp³-hybridized carbons (Fsp3) is 0.154. The Balaban J connectivity index is 1.27. The molecule has 4 rings (SSSR count). The number of aryl methyl sites for hydroxylation is 1. The van der Waals surface area contributed by atoms with Gasteiger partial charge in [-0.3, -0.25) is 14.0 Å². The first-order valence-electron chi connectivity index (χ1n) is 10.9. The highest BCUT2D eigenvalue weighted by atomic mass is 16.5. The number of rotatable bonds is 8. The van der Waals surface area contributed by atoms with Crippen molar-refractivity contribution < 1.29 is 14.3 Å². The minimum Gasteiger partial charge on any atom is -0.484 e.